The maximum absolute atomic E-state index is 6.20. The van der Waals surface area contributed by atoms with Gasteiger partial charge in [-0.05, 0) is 36.8 Å². The minimum atomic E-state index is 0.429. The Balaban J connectivity index is 2.14. The van der Waals surface area contributed by atoms with Gasteiger partial charge >= 0.3 is 0 Å². The second kappa shape index (κ2) is 7.00. The molecule has 0 fully saturated rings. The summed E-state index contributed by atoms with van der Waals surface area (Å²) in [6.45, 7) is 2.47. The molecule has 2 aromatic carbocycles. The van der Waals surface area contributed by atoms with Crippen molar-refractivity contribution in [1.29, 1.82) is 0 Å². The monoisotopic (exact) mass is 354 g/mol. The Morgan fingerprint density at radius 1 is 1.10 bits per heavy atom. The van der Waals surface area contributed by atoms with Gasteiger partial charge in [-0.25, -0.2) is 0 Å². The Bertz CT molecular complexity index is 599. The quantitative estimate of drug-likeness (QED) is 0.692. The minimum absolute atomic E-state index is 0.429. The summed E-state index contributed by atoms with van der Waals surface area (Å²) in [6, 6.07) is 11.8. The van der Waals surface area contributed by atoms with Gasteiger partial charge in [0.15, 0.2) is 0 Å². The van der Waals surface area contributed by atoms with Crippen molar-refractivity contribution in [3.05, 3.63) is 58.1 Å². The van der Waals surface area contributed by atoms with E-state index in [-0.39, 0.29) is 0 Å². The van der Waals surface area contributed by atoms with E-state index in [0.29, 0.717) is 17.4 Å². The predicted octanol–water partition coefficient (Wildman–Crippen LogP) is 5.13. The third-order valence-electron chi connectivity index (χ3n) is 2.97. The molecule has 2 aromatic rings. The first-order chi connectivity index (χ1) is 9.63. The molecule has 4 heteroatoms. The molecule has 0 aliphatic rings. The zero-order chi connectivity index (χ0) is 14.5. The summed E-state index contributed by atoms with van der Waals surface area (Å²) in [5, 5.41) is 1.40. The largest absolute Gasteiger partial charge is 0.496 e. The number of ether oxygens (including phenoxy) is 2. The van der Waals surface area contributed by atoms with Crippen molar-refractivity contribution < 1.29 is 9.47 Å². The van der Waals surface area contributed by atoms with Crippen LogP contribution in [0.1, 0.15) is 16.7 Å². The van der Waals surface area contributed by atoms with Gasteiger partial charge in [-0.1, -0.05) is 45.2 Å². The van der Waals surface area contributed by atoms with E-state index in [0.717, 1.165) is 22.2 Å². The van der Waals surface area contributed by atoms with Crippen LogP contribution in [0.5, 0.6) is 11.5 Å². The molecule has 0 saturated carbocycles. The maximum Gasteiger partial charge on any atom is 0.138 e. The van der Waals surface area contributed by atoms with Gasteiger partial charge in [0.2, 0.25) is 0 Å². The number of hydrogen-bond acceptors (Lipinski definition) is 2. The first kappa shape index (κ1) is 15.2. The van der Waals surface area contributed by atoms with Gasteiger partial charge in [0.05, 0.1) is 12.1 Å². The Labute approximate surface area is 132 Å². The van der Waals surface area contributed by atoms with Gasteiger partial charge in [0, 0.05) is 10.9 Å². The Morgan fingerprint density at radius 2 is 1.85 bits per heavy atom. The van der Waals surface area contributed by atoms with Gasteiger partial charge in [0.1, 0.15) is 18.1 Å². The molecular formula is C16H16BrClO2. The molecule has 0 aliphatic carbocycles. The normalized spacial score (nSPS) is 10.4. The minimum Gasteiger partial charge on any atom is -0.496 e. The van der Waals surface area contributed by atoms with Crippen LogP contribution in [0, 0.1) is 6.92 Å². The number of methoxy groups -OCH3 is 1. The fourth-order valence-electron chi connectivity index (χ4n) is 1.92. The molecule has 2 nitrogen and oxygen atoms in total. The van der Waals surface area contributed by atoms with Crippen molar-refractivity contribution >= 4 is 27.5 Å². The summed E-state index contributed by atoms with van der Waals surface area (Å²) in [5.41, 5.74) is 3.30. The van der Waals surface area contributed by atoms with E-state index in [1.54, 1.807) is 7.11 Å². The molecule has 0 bridgehead atoms. The zero-order valence-corrected chi connectivity index (χ0v) is 13.8. The molecule has 0 amide bonds. The maximum atomic E-state index is 6.20. The van der Waals surface area contributed by atoms with Gasteiger partial charge in [-0.3, -0.25) is 0 Å². The number of hydrogen-bond donors (Lipinski definition) is 0. The summed E-state index contributed by atoms with van der Waals surface area (Å²) in [7, 11) is 1.66. The van der Waals surface area contributed by atoms with E-state index in [9.17, 15) is 0 Å². The van der Waals surface area contributed by atoms with Gasteiger partial charge in [-0.15, -0.1) is 0 Å². The van der Waals surface area contributed by atoms with E-state index in [4.69, 9.17) is 21.1 Å². The van der Waals surface area contributed by atoms with E-state index in [2.05, 4.69) is 22.0 Å². The zero-order valence-electron chi connectivity index (χ0n) is 11.5. The SMILES string of the molecule is COc1ccc(C)cc1COc1ccc(CBr)cc1Cl. The average molecular weight is 356 g/mol. The number of aryl methyl sites for hydroxylation is 1. The molecular weight excluding hydrogens is 340 g/mol. The van der Waals surface area contributed by atoms with E-state index in [1.807, 2.05) is 37.3 Å². The van der Waals surface area contributed by atoms with Crippen LogP contribution in [0.4, 0.5) is 0 Å². The second-order valence-corrected chi connectivity index (χ2v) is 5.47. The van der Waals surface area contributed by atoms with Gasteiger partial charge in [0.25, 0.3) is 0 Å². The van der Waals surface area contributed by atoms with Crippen molar-refractivity contribution in [3.63, 3.8) is 0 Å². The third kappa shape index (κ3) is 3.68. The molecule has 0 unspecified atom stereocenters. The van der Waals surface area contributed by atoms with Crippen LogP contribution in [-0.2, 0) is 11.9 Å². The van der Waals surface area contributed by atoms with Crippen LogP contribution < -0.4 is 9.47 Å². The highest BCUT2D eigenvalue weighted by molar-refractivity contribution is 9.08. The molecule has 0 saturated heterocycles. The molecule has 0 radical (unpaired) electrons. The van der Waals surface area contributed by atoms with E-state index >= 15 is 0 Å². The highest BCUT2D eigenvalue weighted by Gasteiger charge is 2.07. The molecule has 20 heavy (non-hydrogen) atoms. The van der Waals surface area contributed by atoms with Crippen LogP contribution in [-0.4, -0.2) is 7.11 Å². The van der Waals surface area contributed by atoms with E-state index < -0.39 is 0 Å². The standard InChI is InChI=1S/C16H16BrClO2/c1-11-3-5-15(19-2)13(7-11)10-20-16-6-4-12(9-17)8-14(16)18/h3-8H,9-10H2,1-2H3. The third-order valence-corrected chi connectivity index (χ3v) is 3.91. The lowest BCUT2D eigenvalue weighted by Crippen LogP contribution is -2.00. The lowest BCUT2D eigenvalue weighted by molar-refractivity contribution is 0.296. The van der Waals surface area contributed by atoms with Crippen LogP contribution >= 0.6 is 27.5 Å². The van der Waals surface area contributed by atoms with Gasteiger partial charge in [-0.2, -0.15) is 0 Å². The Kier molecular flexibility index (Phi) is 5.32. The fraction of sp³-hybridized carbons (Fsp3) is 0.250. The molecule has 0 spiro atoms. The van der Waals surface area contributed by atoms with Gasteiger partial charge < -0.3 is 9.47 Å². The second-order valence-electron chi connectivity index (χ2n) is 4.50. The first-order valence-electron chi connectivity index (χ1n) is 6.24. The molecule has 106 valence electrons. The van der Waals surface area contributed by atoms with Crippen molar-refractivity contribution in [3.8, 4) is 11.5 Å². The van der Waals surface area contributed by atoms with Crippen LogP contribution in [0.15, 0.2) is 36.4 Å². The Morgan fingerprint density at radius 3 is 2.50 bits per heavy atom. The molecule has 2 rings (SSSR count). The average Bonchev–Trinajstić information content (AvgIpc) is 2.46. The Hall–Kier alpha value is -1.19. The van der Waals surface area contributed by atoms with Crippen LogP contribution in [0.3, 0.4) is 0 Å². The topological polar surface area (TPSA) is 18.5 Å². The number of halogens is 2. The summed E-state index contributed by atoms with van der Waals surface area (Å²) in [4.78, 5) is 0. The molecule has 0 atom stereocenters. The van der Waals surface area contributed by atoms with Crippen molar-refractivity contribution in [2.45, 2.75) is 18.9 Å². The fourth-order valence-corrected chi connectivity index (χ4v) is 2.53. The molecule has 0 heterocycles. The highest BCUT2D eigenvalue weighted by Crippen LogP contribution is 2.28. The lowest BCUT2D eigenvalue weighted by atomic mass is 10.1. The number of benzene rings is 2. The summed E-state index contributed by atoms with van der Waals surface area (Å²) >= 11 is 9.60. The first-order valence-corrected chi connectivity index (χ1v) is 7.74. The molecule has 0 aliphatic heterocycles. The molecule has 0 N–H and O–H groups in total. The lowest BCUT2D eigenvalue weighted by Gasteiger charge is -2.12. The van der Waals surface area contributed by atoms with Crippen molar-refractivity contribution in [2.75, 3.05) is 7.11 Å². The summed E-state index contributed by atoms with van der Waals surface area (Å²) < 4.78 is 11.1. The van der Waals surface area contributed by atoms with Crippen molar-refractivity contribution in [1.82, 2.24) is 0 Å². The smallest absolute Gasteiger partial charge is 0.138 e. The molecule has 0 aromatic heterocycles. The highest BCUT2D eigenvalue weighted by atomic mass is 79.9. The number of rotatable bonds is 5. The van der Waals surface area contributed by atoms with Crippen LogP contribution in [0.2, 0.25) is 5.02 Å². The van der Waals surface area contributed by atoms with E-state index in [1.165, 1.54) is 5.56 Å². The van der Waals surface area contributed by atoms with Crippen LogP contribution in [0.25, 0.3) is 0 Å². The summed E-state index contributed by atoms with van der Waals surface area (Å²) in [5.74, 6) is 1.50. The number of alkyl halides is 1. The predicted molar refractivity (Wildman–Crippen MR) is 86.1 cm³/mol. The summed E-state index contributed by atoms with van der Waals surface area (Å²) in [6.07, 6.45) is 0. The van der Waals surface area contributed by atoms with Crippen molar-refractivity contribution in [2.24, 2.45) is 0 Å².